The van der Waals surface area contributed by atoms with Crippen molar-refractivity contribution in [1.29, 1.82) is 0 Å². The molecular weight excluding hydrogens is 365 g/mol. The minimum absolute atomic E-state index is 0.0551. The maximum absolute atomic E-state index is 12.5. The second kappa shape index (κ2) is 7.11. The van der Waals surface area contributed by atoms with Gasteiger partial charge in [-0.15, -0.1) is 11.3 Å². The van der Waals surface area contributed by atoms with Gasteiger partial charge < -0.3 is 10.2 Å². The fourth-order valence-corrected chi connectivity index (χ4v) is 3.98. The predicted molar refractivity (Wildman–Crippen MR) is 91.9 cm³/mol. The summed E-state index contributed by atoms with van der Waals surface area (Å²) in [7, 11) is 0. The second-order valence-electron chi connectivity index (χ2n) is 6.07. The van der Waals surface area contributed by atoms with Crippen LogP contribution in [0.1, 0.15) is 39.3 Å². The Kier molecular flexibility index (Phi) is 5.04. The predicted octanol–water partition coefficient (Wildman–Crippen LogP) is 3.64. The summed E-state index contributed by atoms with van der Waals surface area (Å²) in [4.78, 5) is 27.5. The van der Waals surface area contributed by atoms with Gasteiger partial charge in [0.05, 0.1) is 18.2 Å². The maximum atomic E-state index is 12.5. The standard InChI is InChI=1S/C18H17F3N2O2S/c1-11-14-7-9-26-15(14)6-8-23(11)16(24)10-22-17(25)12-2-4-13(5-3-12)18(19,20)21/h2-5,7,9,11H,6,8,10H2,1H3,(H,22,25)/t11-/m0/s1. The number of nitrogens with zero attached hydrogens (tertiary/aromatic N) is 1. The van der Waals surface area contributed by atoms with Crippen LogP contribution in [0.2, 0.25) is 0 Å². The van der Waals surface area contributed by atoms with Gasteiger partial charge in [0.25, 0.3) is 5.91 Å². The van der Waals surface area contributed by atoms with Crippen molar-refractivity contribution >= 4 is 23.2 Å². The fourth-order valence-electron chi connectivity index (χ4n) is 3.02. The first-order valence-corrected chi connectivity index (χ1v) is 8.96. The van der Waals surface area contributed by atoms with Crippen LogP contribution in [-0.4, -0.2) is 29.8 Å². The van der Waals surface area contributed by atoms with Gasteiger partial charge >= 0.3 is 6.18 Å². The number of halogens is 3. The Morgan fingerprint density at radius 3 is 2.58 bits per heavy atom. The highest BCUT2D eigenvalue weighted by molar-refractivity contribution is 7.10. The Bertz CT molecular complexity index is 815. The average Bonchev–Trinajstić information content (AvgIpc) is 3.08. The van der Waals surface area contributed by atoms with E-state index in [4.69, 9.17) is 0 Å². The summed E-state index contributed by atoms with van der Waals surface area (Å²) in [6.07, 6.45) is -3.66. The van der Waals surface area contributed by atoms with Gasteiger partial charge in [-0.25, -0.2) is 0 Å². The average molecular weight is 382 g/mol. The molecule has 1 atom stereocenters. The van der Waals surface area contributed by atoms with Crippen LogP contribution in [0.25, 0.3) is 0 Å². The van der Waals surface area contributed by atoms with Crippen molar-refractivity contribution in [3.8, 4) is 0 Å². The van der Waals surface area contributed by atoms with Gasteiger partial charge in [-0.1, -0.05) is 0 Å². The molecule has 0 saturated heterocycles. The van der Waals surface area contributed by atoms with Crippen LogP contribution in [0, 0.1) is 0 Å². The number of carbonyl (C=O) groups excluding carboxylic acids is 2. The number of fused-ring (bicyclic) bond motifs is 1. The Balaban J connectivity index is 1.59. The van der Waals surface area contributed by atoms with Crippen molar-refractivity contribution in [2.24, 2.45) is 0 Å². The largest absolute Gasteiger partial charge is 0.416 e. The van der Waals surface area contributed by atoms with Gasteiger partial charge in [0, 0.05) is 17.0 Å². The molecule has 138 valence electrons. The number of amides is 2. The minimum atomic E-state index is -4.45. The molecule has 0 spiro atoms. The Hall–Kier alpha value is -2.35. The Morgan fingerprint density at radius 1 is 1.23 bits per heavy atom. The van der Waals surface area contributed by atoms with Gasteiger partial charge in [0.1, 0.15) is 0 Å². The lowest BCUT2D eigenvalue weighted by Gasteiger charge is -2.33. The van der Waals surface area contributed by atoms with E-state index in [-0.39, 0.29) is 24.1 Å². The SMILES string of the molecule is C[C@H]1c2ccsc2CCN1C(=O)CNC(=O)c1ccc(C(F)(F)F)cc1. The summed E-state index contributed by atoms with van der Waals surface area (Å²) in [5, 5.41) is 4.49. The zero-order valence-electron chi connectivity index (χ0n) is 14.0. The smallest absolute Gasteiger partial charge is 0.343 e. The zero-order valence-corrected chi connectivity index (χ0v) is 14.8. The molecule has 2 aromatic rings. The van der Waals surface area contributed by atoms with Crippen LogP contribution in [0.3, 0.4) is 0 Å². The third-order valence-corrected chi connectivity index (χ3v) is 5.47. The van der Waals surface area contributed by atoms with Crippen molar-refractivity contribution in [2.45, 2.75) is 25.6 Å². The van der Waals surface area contributed by atoms with E-state index in [0.717, 1.165) is 36.2 Å². The van der Waals surface area contributed by atoms with Gasteiger partial charge in [0.2, 0.25) is 5.91 Å². The topological polar surface area (TPSA) is 49.4 Å². The van der Waals surface area contributed by atoms with Crippen LogP contribution in [0.4, 0.5) is 13.2 Å². The van der Waals surface area contributed by atoms with Crippen molar-refractivity contribution < 1.29 is 22.8 Å². The normalized spacial score (nSPS) is 16.9. The molecule has 0 radical (unpaired) electrons. The molecule has 0 fully saturated rings. The number of carbonyl (C=O) groups is 2. The number of hydrogen-bond acceptors (Lipinski definition) is 3. The van der Waals surface area contributed by atoms with E-state index in [1.165, 1.54) is 4.88 Å². The first-order chi connectivity index (χ1) is 12.3. The summed E-state index contributed by atoms with van der Waals surface area (Å²) < 4.78 is 37.6. The highest BCUT2D eigenvalue weighted by atomic mass is 32.1. The summed E-state index contributed by atoms with van der Waals surface area (Å²) >= 11 is 1.67. The fraction of sp³-hybridized carbons (Fsp3) is 0.333. The molecule has 4 nitrogen and oxygen atoms in total. The van der Waals surface area contributed by atoms with Crippen LogP contribution in [-0.2, 0) is 17.4 Å². The monoisotopic (exact) mass is 382 g/mol. The molecule has 1 N–H and O–H groups in total. The van der Waals surface area contributed by atoms with Crippen molar-refractivity contribution in [2.75, 3.05) is 13.1 Å². The molecule has 8 heteroatoms. The quantitative estimate of drug-likeness (QED) is 0.881. The molecule has 0 saturated carbocycles. The number of benzene rings is 1. The number of hydrogen-bond donors (Lipinski definition) is 1. The Morgan fingerprint density at radius 2 is 1.92 bits per heavy atom. The lowest BCUT2D eigenvalue weighted by atomic mass is 10.0. The second-order valence-corrected chi connectivity index (χ2v) is 7.07. The molecule has 0 unspecified atom stereocenters. The van der Waals surface area contributed by atoms with E-state index in [1.807, 2.05) is 18.4 Å². The third kappa shape index (κ3) is 3.75. The molecule has 2 amide bonds. The van der Waals surface area contributed by atoms with Gasteiger partial charge in [-0.2, -0.15) is 13.2 Å². The van der Waals surface area contributed by atoms with Crippen LogP contribution >= 0.6 is 11.3 Å². The molecule has 0 bridgehead atoms. The number of alkyl halides is 3. The zero-order chi connectivity index (χ0) is 18.9. The number of rotatable bonds is 3. The lowest BCUT2D eigenvalue weighted by molar-refractivity contribution is -0.137. The van der Waals surface area contributed by atoms with Gasteiger partial charge in [0.15, 0.2) is 0 Å². The van der Waals surface area contributed by atoms with E-state index in [0.29, 0.717) is 6.54 Å². The number of nitrogens with one attached hydrogen (secondary N) is 1. The lowest BCUT2D eigenvalue weighted by Crippen LogP contribution is -2.44. The van der Waals surface area contributed by atoms with Crippen molar-refractivity contribution in [3.63, 3.8) is 0 Å². The maximum Gasteiger partial charge on any atom is 0.416 e. The summed E-state index contributed by atoms with van der Waals surface area (Å²) in [5.74, 6) is -0.789. The van der Waals surface area contributed by atoms with Crippen LogP contribution in [0.5, 0.6) is 0 Å². The summed E-state index contributed by atoms with van der Waals surface area (Å²) in [5.41, 5.74) is 0.389. The third-order valence-electron chi connectivity index (χ3n) is 4.47. The summed E-state index contributed by atoms with van der Waals surface area (Å²) in [6.45, 7) is 2.34. The van der Waals surface area contributed by atoms with E-state index in [9.17, 15) is 22.8 Å². The van der Waals surface area contributed by atoms with Crippen molar-refractivity contribution in [1.82, 2.24) is 10.2 Å². The summed E-state index contributed by atoms with van der Waals surface area (Å²) in [6, 6.07) is 5.85. The highest BCUT2D eigenvalue weighted by Gasteiger charge is 2.30. The van der Waals surface area contributed by atoms with Gasteiger partial charge in [-0.3, -0.25) is 9.59 Å². The number of thiophene rings is 1. The molecule has 1 aromatic heterocycles. The van der Waals surface area contributed by atoms with Crippen LogP contribution in [0.15, 0.2) is 35.7 Å². The first kappa shape index (κ1) is 18.4. The van der Waals surface area contributed by atoms with Crippen molar-refractivity contribution in [3.05, 3.63) is 57.3 Å². The first-order valence-electron chi connectivity index (χ1n) is 8.08. The molecule has 3 rings (SSSR count). The van der Waals surface area contributed by atoms with E-state index in [1.54, 1.807) is 16.2 Å². The molecule has 2 heterocycles. The molecule has 1 aliphatic heterocycles. The molecular formula is C18H17F3N2O2S. The molecule has 1 aliphatic rings. The Labute approximate surface area is 152 Å². The van der Waals surface area contributed by atoms with E-state index >= 15 is 0 Å². The molecule has 1 aromatic carbocycles. The molecule has 26 heavy (non-hydrogen) atoms. The van der Waals surface area contributed by atoms with Gasteiger partial charge in [-0.05, 0) is 54.6 Å². The van der Waals surface area contributed by atoms with Crippen LogP contribution < -0.4 is 5.32 Å². The minimum Gasteiger partial charge on any atom is -0.343 e. The van der Waals surface area contributed by atoms with E-state index in [2.05, 4.69) is 5.32 Å². The van der Waals surface area contributed by atoms with E-state index < -0.39 is 17.6 Å². The molecule has 0 aliphatic carbocycles. The highest BCUT2D eigenvalue weighted by Crippen LogP contribution is 2.32.